The Morgan fingerprint density at radius 3 is 2.68 bits per heavy atom. The predicted molar refractivity (Wildman–Crippen MR) is 96.8 cm³/mol. The van der Waals surface area contributed by atoms with Crippen LogP contribution in [0.1, 0.15) is 23.5 Å². The van der Waals surface area contributed by atoms with Gasteiger partial charge in [0.2, 0.25) is 0 Å². The first-order valence-corrected chi connectivity index (χ1v) is 8.02. The maximum Gasteiger partial charge on any atom is 0.250 e. The van der Waals surface area contributed by atoms with E-state index in [0.717, 1.165) is 11.1 Å². The zero-order valence-corrected chi connectivity index (χ0v) is 14.3. The summed E-state index contributed by atoms with van der Waals surface area (Å²) in [6.45, 7) is 0.393. The number of hydrogen-bond donors (Lipinski definition) is 1. The van der Waals surface area contributed by atoms with Gasteiger partial charge in [-0.25, -0.2) is 5.01 Å². The molecule has 1 unspecified atom stereocenters. The molecule has 2 aromatic rings. The quantitative estimate of drug-likeness (QED) is 0.850. The highest BCUT2D eigenvalue weighted by Gasteiger charge is 2.29. The second-order valence-electron chi connectivity index (χ2n) is 5.84. The second kappa shape index (κ2) is 7.25. The molecule has 1 aliphatic rings. The van der Waals surface area contributed by atoms with E-state index in [2.05, 4.69) is 5.10 Å². The van der Waals surface area contributed by atoms with Gasteiger partial charge in [-0.2, -0.15) is 5.10 Å². The van der Waals surface area contributed by atoms with E-state index < -0.39 is 0 Å². The summed E-state index contributed by atoms with van der Waals surface area (Å²) in [5.74, 6) is 0.910. The fourth-order valence-electron chi connectivity index (χ4n) is 2.92. The lowest BCUT2D eigenvalue weighted by molar-refractivity contribution is -0.134. The Bertz CT molecular complexity index is 804. The highest BCUT2D eigenvalue weighted by atomic mass is 16.5. The van der Waals surface area contributed by atoms with E-state index in [4.69, 9.17) is 15.2 Å². The van der Waals surface area contributed by atoms with Crippen molar-refractivity contribution >= 4 is 17.8 Å². The van der Waals surface area contributed by atoms with Gasteiger partial charge in [-0.15, -0.1) is 0 Å². The van der Waals surface area contributed by atoms with Gasteiger partial charge in [-0.3, -0.25) is 4.79 Å². The molecule has 0 bridgehead atoms. The van der Waals surface area contributed by atoms with Crippen molar-refractivity contribution in [2.45, 2.75) is 18.9 Å². The molecule has 1 amide bonds. The first kappa shape index (κ1) is 16.8. The Kier molecular flexibility index (Phi) is 4.88. The van der Waals surface area contributed by atoms with Gasteiger partial charge in [0.25, 0.3) is 5.91 Å². The number of nitrogen functional groups attached to an aromatic ring is 1. The zero-order chi connectivity index (χ0) is 17.8. The molecule has 2 aromatic carbocycles. The minimum Gasteiger partial charge on any atom is -0.493 e. The van der Waals surface area contributed by atoms with Crippen LogP contribution >= 0.6 is 0 Å². The smallest absolute Gasteiger partial charge is 0.250 e. The van der Waals surface area contributed by atoms with E-state index in [1.54, 1.807) is 20.4 Å². The van der Waals surface area contributed by atoms with Crippen LogP contribution in [0.3, 0.4) is 0 Å². The maximum atomic E-state index is 12.9. The van der Waals surface area contributed by atoms with E-state index in [9.17, 15) is 4.79 Å². The topological polar surface area (TPSA) is 77.1 Å². The molecule has 6 heteroatoms. The van der Waals surface area contributed by atoms with Crippen LogP contribution in [0, 0.1) is 0 Å². The van der Waals surface area contributed by atoms with E-state index in [-0.39, 0.29) is 11.8 Å². The van der Waals surface area contributed by atoms with Crippen LogP contribution in [0.5, 0.6) is 11.5 Å². The summed E-state index contributed by atoms with van der Waals surface area (Å²) in [6.07, 6.45) is 2.33. The summed E-state index contributed by atoms with van der Waals surface area (Å²) < 4.78 is 10.6. The van der Waals surface area contributed by atoms with Crippen LogP contribution < -0.4 is 15.2 Å². The van der Waals surface area contributed by atoms with E-state index in [1.165, 1.54) is 5.01 Å². The lowest BCUT2D eigenvalue weighted by Gasteiger charge is -2.27. The molecular formula is C19H21N3O3. The molecule has 0 aromatic heterocycles. The Morgan fingerprint density at radius 1 is 1.16 bits per heavy atom. The van der Waals surface area contributed by atoms with Crippen LogP contribution in [0.2, 0.25) is 0 Å². The van der Waals surface area contributed by atoms with Crippen molar-refractivity contribution in [2.75, 3.05) is 20.0 Å². The standard InChI is InChI=1S/C19H21N3O3/c1-24-17-7-6-14(11-18(17)25-2)16-8-9-21-22(19(16)23)12-13-4-3-5-15(20)10-13/h3-7,9-11,16H,8,12,20H2,1-2H3. The molecule has 0 spiro atoms. The van der Waals surface area contributed by atoms with Gasteiger partial charge in [0, 0.05) is 18.3 Å². The number of methoxy groups -OCH3 is 2. The predicted octanol–water partition coefficient (Wildman–Crippen LogP) is 2.79. The van der Waals surface area contributed by atoms with Crippen LogP contribution in [-0.2, 0) is 11.3 Å². The molecule has 2 N–H and O–H groups in total. The number of nitrogens with zero attached hydrogens (tertiary/aromatic N) is 2. The van der Waals surface area contributed by atoms with Gasteiger partial charge in [0.1, 0.15) is 0 Å². The molecule has 0 aliphatic carbocycles. The van der Waals surface area contributed by atoms with Gasteiger partial charge in [0.05, 0.1) is 26.7 Å². The van der Waals surface area contributed by atoms with Crippen molar-refractivity contribution in [3.05, 3.63) is 53.6 Å². The lowest BCUT2D eigenvalue weighted by Crippen LogP contribution is -2.34. The molecule has 130 valence electrons. The molecule has 1 aliphatic heterocycles. The number of amides is 1. The second-order valence-corrected chi connectivity index (χ2v) is 5.84. The van der Waals surface area contributed by atoms with Crippen molar-refractivity contribution in [1.82, 2.24) is 5.01 Å². The fourth-order valence-corrected chi connectivity index (χ4v) is 2.92. The molecule has 0 saturated heterocycles. The minimum absolute atomic E-state index is 0.0443. The molecular weight excluding hydrogens is 318 g/mol. The number of nitrogens with two attached hydrogens (primary N) is 1. The molecule has 1 heterocycles. The zero-order valence-electron chi connectivity index (χ0n) is 14.3. The molecule has 6 nitrogen and oxygen atoms in total. The average molecular weight is 339 g/mol. The van der Waals surface area contributed by atoms with Crippen molar-refractivity contribution < 1.29 is 14.3 Å². The van der Waals surface area contributed by atoms with Crippen molar-refractivity contribution in [2.24, 2.45) is 5.10 Å². The van der Waals surface area contributed by atoms with Crippen molar-refractivity contribution in [3.8, 4) is 11.5 Å². The number of benzene rings is 2. The largest absolute Gasteiger partial charge is 0.493 e. The Labute approximate surface area is 146 Å². The molecule has 0 fully saturated rings. The summed E-state index contributed by atoms with van der Waals surface area (Å²) in [5, 5.41) is 5.74. The van der Waals surface area contributed by atoms with E-state index >= 15 is 0 Å². The minimum atomic E-state index is -0.293. The van der Waals surface area contributed by atoms with Gasteiger partial charge in [-0.1, -0.05) is 18.2 Å². The van der Waals surface area contributed by atoms with Crippen LogP contribution in [-0.4, -0.2) is 31.4 Å². The van der Waals surface area contributed by atoms with Crippen LogP contribution in [0.15, 0.2) is 47.6 Å². The summed E-state index contributed by atoms with van der Waals surface area (Å²) in [6, 6.07) is 13.0. The Morgan fingerprint density at radius 2 is 1.96 bits per heavy atom. The normalized spacial score (nSPS) is 16.8. The Hall–Kier alpha value is -3.02. The van der Waals surface area contributed by atoms with Crippen molar-refractivity contribution in [3.63, 3.8) is 0 Å². The lowest BCUT2D eigenvalue weighted by atomic mass is 9.93. The highest BCUT2D eigenvalue weighted by molar-refractivity contribution is 5.89. The number of carbonyl (C=O) groups excluding carboxylic acids is 1. The van der Waals surface area contributed by atoms with E-state index in [1.807, 2.05) is 42.5 Å². The highest BCUT2D eigenvalue weighted by Crippen LogP contribution is 2.33. The number of rotatable bonds is 5. The van der Waals surface area contributed by atoms with Crippen LogP contribution in [0.4, 0.5) is 5.69 Å². The third kappa shape index (κ3) is 3.57. The number of ether oxygens (including phenoxy) is 2. The first-order valence-electron chi connectivity index (χ1n) is 8.02. The third-order valence-electron chi connectivity index (χ3n) is 4.21. The van der Waals surface area contributed by atoms with Gasteiger partial charge >= 0.3 is 0 Å². The average Bonchev–Trinajstić information content (AvgIpc) is 2.63. The SMILES string of the molecule is COc1ccc(C2CC=NN(Cc3cccc(N)c3)C2=O)cc1OC. The van der Waals surface area contributed by atoms with Gasteiger partial charge in [0.15, 0.2) is 11.5 Å². The number of carbonyl (C=O) groups is 1. The summed E-state index contributed by atoms with van der Waals surface area (Å²) in [4.78, 5) is 12.9. The molecule has 0 radical (unpaired) electrons. The Balaban J connectivity index is 1.82. The molecule has 0 saturated carbocycles. The number of hydrogen-bond acceptors (Lipinski definition) is 5. The maximum absolute atomic E-state index is 12.9. The van der Waals surface area contributed by atoms with Gasteiger partial charge < -0.3 is 15.2 Å². The third-order valence-corrected chi connectivity index (χ3v) is 4.21. The first-order chi connectivity index (χ1) is 12.1. The summed E-state index contributed by atoms with van der Waals surface area (Å²) >= 11 is 0. The summed E-state index contributed by atoms with van der Waals surface area (Å²) in [7, 11) is 3.17. The molecule has 3 rings (SSSR count). The number of anilines is 1. The van der Waals surface area contributed by atoms with Crippen molar-refractivity contribution in [1.29, 1.82) is 0 Å². The van der Waals surface area contributed by atoms with Crippen LogP contribution in [0.25, 0.3) is 0 Å². The monoisotopic (exact) mass is 339 g/mol. The van der Waals surface area contributed by atoms with Gasteiger partial charge in [-0.05, 0) is 35.4 Å². The van der Waals surface area contributed by atoms with E-state index in [0.29, 0.717) is 30.2 Å². The number of hydrazone groups is 1. The molecule has 25 heavy (non-hydrogen) atoms. The molecule has 1 atom stereocenters. The summed E-state index contributed by atoms with van der Waals surface area (Å²) in [5.41, 5.74) is 8.30. The fraction of sp³-hybridized carbons (Fsp3) is 0.263.